The summed E-state index contributed by atoms with van der Waals surface area (Å²) in [6.45, 7) is 10.0. The number of Topliss-reactive ketones (excluding diaryl/α,β-unsaturated/α-hetero) is 1. The summed E-state index contributed by atoms with van der Waals surface area (Å²) in [6, 6.07) is 0. The molecular formula is C24H32N2O4S2. The Morgan fingerprint density at radius 2 is 2.03 bits per heavy atom. The average Bonchev–Trinajstić information content (AvgIpc) is 3.08. The van der Waals surface area contributed by atoms with Crippen LogP contribution in [0.2, 0.25) is 0 Å². The number of carbonyl (C=O) groups excluding carboxylic acids is 2. The number of thioether (sulfide) groups is 1. The summed E-state index contributed by atoms with van der Waals surface area (Å²) in [5.74, 6) is -0.0736. The molecule has 8 heteroatoms. The van der Waals surface area contributed by atoms with E-state index < -0.39 is 11.4 Å². The number of nitrogens with zero attached hydrogens (tertiary/aromatic N) is 2. The number of carbonyl (C=O) groups is 2. The van der Waals surface area contributed by atoms with Gasteiger partial charge in [-0.05, 0) is 51.5 Å². The van der Waals surface area contributed by atoms with Crippen LogP contribution in [-0.4, -0.2) is 33.7 Å². The van der Waals surface area contributed by atoms with Crippen LogP contribution in [0.4, 0.5) is 0 Å². The van der Waals surface area contributed by atoms with Crippen LogP contribution >= 0.6 is 23.1 Å². The van der Waals surface area contributed by atoms with Crippen LogP contribution in [-0.2, 0) is 16.1 Å². The van der Waals surface area contributed by atoms with Crippen molar-refractivity contribution in [2.75, 3.05) is 12.4 Å². The van der Waals surface area contributed by atoms with E-state index in [4.69, 9.17) is 9.72 Å². The second kappa shape index (κ2) is 10.3. The Labute approximate surface area is 197 Å². The predicted molar refractivity (Wildman–Crippen MR) is 131 cm³/mol. The molecule has 1 aliphatic carbocycles. The van der Waals surface area contributed by atoms with Crippen molar-refractivity contribution >= 4 is 45.1 Å². The summed E-state index contributed by atoms with van der Waals surface area (Å²) in [5, 5.41) is 1.01. The molecule has 0 saturated heterocycles. The van der Waals surface area contributed by atoms with Gasteiger partial charge in [-0.15, -0.1) is 11.3 Å². The number of esters is 1. The maximum atomic E-state index is 13.5. The van der Waals surface area contributed by atoms with Crippen molar-refractivity contribution in [2.45, 2.75) is 78.4 Å². The molecule has 174 valence electrons. The van der Waals surface area contributed by atoms with E-state index in [9.17, 15) is 14.4 Å². The molecule has 0 saturated carbocycles. The van der Waals surface area contributed by atoms with Gasteiger partial charge in [0, 0.05) is 12.0 Å². The zero-order valence-corrected chi connectivity index (χ0v) is 21.2. The number of aryl methyl sites for hydroxylation is 1. The lowest BCUT2D eigenvalue weighted by atomic mass is 9.92. The third kappa shape index (κ3) is 5.52. The molecule has 0 aliphatic heterocycles. The zero-order valence-electron chi connectivity index (χ0n) is 19.6. The van der Waals surface area contributed by atoms with Gasteiger partial charge in [0.05, 0.1) is 17.7 Å². The van der Waals surface area contributed by atoms with E-state index in [0.717, 1.165) is 19.3 Å². The Balaban J connectivity index is 2.02. The number of rotatable bonds is 8. The molecule has 6 nitrogen and oxygen atoms in total. The summed E-state index contributed by atoms with van der Waals surface area (Å²) in [6.07, 6.45) is 7.65. The molecule has 0 atom stereocenters. The number of fused-ring (bicyclic) bond motifs is 1. The van der Waals surface area contributed by atoms with Crippen molar-refractivity contribution in [1.29, 1.82) is 0 Å². The van der Waals surface area contributed by atoms with E-state index in [1.54, 1.807) is 18.4 Å². The highest BCUT2D eigenvalue weighted by atomic mass is 32.2. The van der Waals surface area contributed by atoms with Gasteiger partial charge in [0.15, 0.2) is 5.16 Å². The van der Waals surface area contributed by atoms with Crippen LogP contribution in [0.3, 0.4) is 0 Å². The van der Waals surface area contributed by atoms with Crippen molar-refractivity contribution in [3.05, 3.63) is 32.4 Å². The molecule has 0 fully saturated rings. The second-order valence-corrected chi connectivity index (χ2v) is 11.1. The highest BCUT2D eigenvalue weighted by Gasteiger charge is 2.25. The molecule has 2 aromatic rings. The minimum absolute atomic E-state index is 0.105. The second-order valence-electron chi connectivity index (χ2n) is 9.13. The molecule has 0 unspecified atom stereocenters. The largest absolute Gasteiger partial charge is 0.462 e. The average molecular weight is 477 g/mol. The molecule has 0 radical (unpaired) electrons. The van der Waals surface area contributed by atoms with Crippen molar-refractivity contribution in [3.8, 4) is 0 Å². The van der Waals surface area contributed by atoms with E-state index in [1.807, 2.05) is 20.8 Å². The van der Waals surface area contributed by atoms with Gasteiger partial charge in [0.2, 0.25) is 0 Å². The fourth-order valence-corrected chi connectivity index (χ4v) is 5.93. The fourth-order valence-electron chi connectivity index (χ4n) is 3.63. The number of aromatic nitrogens is 2. The first-order chi connectivity index (χ1) is 15.1. The van der Waals surface area contributed by atoms with Crippen LogP contribution < -0.4 is 5.56 Å². The van der Waals surface area contributed by atoms with Crippen molar-refractivity contribution in [2.24, 2.45) is 5.41 Å². The van der Waals surface area contributed by atoms with E-state index in [1.165, 1.54) is 41.5 Å². The summed E-state index contributed by atoms with van der Waals surface area (Å²) >= 11 is 2.49. The number of ketones is 1. The fraction of sp³-hybridized carbons (Fsp3) is 0.583. The minimum atomic E-state index is -0.453. The van der Waals surface area contributed by atoms with Crippen LogP contribution in [0.1, 0.15) is 75.0 Å². The van der Waals surface area contributed by atoms with Crippen LogP contribution in [0.25, 0.3) is 10.2 Å². The monoisotopic (exact) mass is 476 g/mol. The lowest BCUT2D eigenvalue weighted by Gasteiger charge is -2.18. The zero-order chi connectivity index (χ0) is 23.5. The van der Waals surface area contributed by atoms with Gasteiger partial charge in [-0.1, -0.05) is 44.2 Å². The summed E-state index contributed by atoms with van der Waals surface area (Å²) in [7, 11) is 0. The first-order valence-electron chi connectivity index (χ1n) is 11.2. The molecular weight excluding hydrogens is 444 g/mol. The third-order valence-electron chi connectivity index (χ3n) is 5.69. The lowest BCUT2D eigenvalue weighted by molar-refractivity contribution is -0.123. The summed E-state index contributed by atoms with van der Waals surface area (Å²) in [4.78, 5) is 44.1. The Morgan fingerprint density at radius 3 is 2.66 bits per heavy atom. The minimum Gasteiger partial charge on any atom is -0.462 e. The third-order valence-corrected chi connectivity index (χ3v) is 7.83. The van der Waals surface area contributed by atoms with E-state index in [2.05, 4.69) is 6.08 Å². The van der Waals surface area contributed by atoms with Gasteiger partial charge in [-0.2, -0.15) is 0 Å². The quantitative estimate of drug-likeness (QED) is 0.215. The van der Waals surface area contributed by atoms with Crippen molar-refractivity contribution < 1.29 is 14.3 Å². The first-order valence-corrected chi connectivity index (χ1v) is 13.0. The van der Waals surface area contributed by atoms with Crippen LogP contribution in [0.15, 0.2) is 21.6 Å². The normalized spacial score (nSPS) is 14.5. The topological polar surface area (TPSA) is 78.3 Å². The number of hydrogen-bond acceptors (Lipinski definition) is 7. The molecule has 0 spiro atoms. The Kier molecular flexibility index (Phi) is 7.98. The Bertz CT molecular complexity index is 1110. The molecule has 2 heterocycles. The van der Waals surface area contributed by atoms with E-state index in [-0.39, 0.29) is 23.7 Å². The van der Waals surface area contributed by atoms with Crippen molar-refractivity contribution in [1.82, 2.24) is 9.55 Å². The predicted octanol–water partition coefficient (Wildman–Crippen LogP) is 5.54. The summed E-state index contributed by atoms with van der Waals surface area (Å²) in [5.41, 5.74) is 1.39. The van der Waals surface area contributed by atoms with Gasteiger partial charge >= 0.3 is 5.97 Å². The molecule has 0 N–H and O–H groups in total. The number of hydrogen-bond donors (Lipinski definition) is 0. The van der Waals surface area contributed by atoms with Crippen molar-refractivity contribution in [3.63, 3.8) is 0 Å². The van der Waals surface area contributed by atoms with Gasteiger partial charge in [-0.3, -0.25) is 14.2 Å². The SMILES string of the molecule is CCOC(=O)c1sc2nc(SCC(=O)C(C)(C)C)n(CCC3=CCCCC3)c(=O)c2c1C. The first kappa shape index (κ1) is 24.7. The number of thiophene rings is 1. The van der Waals surface area contributed by atoms with Gasteiger partial charge in [0.25, 0.3) is 5.56 Å². The molecule has 32 heavy (non-hydrogen) atoms. The van der Waals surface area contributed by atoms with E-state index in [0.29, 0.717) is 32.4 Å². The summed E-state index contributed by atoms with van der Waals surface area (Å²) < 4.78 is 6.85. The molecule has 0 bridgehead atoms. The maximum Gasteiger partial charge on any atom is 0.348 e. The highest BCUT2D eigenvalue weighted by molar-refractivity contribution is 7.99. The Morgan fingerprint density at radius 1 is 1.28 bits per heavy atom. The lowest BCUT2D eigenvalue weighted by Crippen LogP contribution is -2.26. The van der Waals surface area contributed by atoms with Gasteiger partial charge in [0.1, 0.15) is 15.5 Å². The molecule has 0 aromatic carbocycles. The smallest absolute Gasteiger partial charge is 0.348 e. The van der Waals surface area contributed by atoms with Crippen LogP contribution in [0.5, 0.6) is 0 Å². The molecule has 2 aromatic heterocycles. The standard InChI is InChI=1S/C24H32N2O4S2/c1-6-30-22(29)19-15(2)18-20(32-19)25-23(31-14-17(27)24(3,4)5)26(21(18)28)13-12-16-10-8-7-9-11-16/h10H,6-9,11-14H2,1-5H3. The molecule has 1 aliphatic rings. The van der Waals surface area contributed by atoms with Gasteiger partial charge < -0.3 is 4.74 Å². The highest BCUT2D eigenvalue weighted by Crippen LogP contribution is 2.31. The van der Waals surface area contributed by atoms with Gasteiger partial charge in [-0.25, -0.2) is 9.78 Å². The number of allylic oxidation sites excluding steroid dienone is 2. The molecule has 3 rings (SSSR count). The molecule has 0 amide bonds. The van der Waals surface area contributed by atoms with Crippen LogP contribution in [0, 0.1) is 12.3 Å². The Hall–Kier alpha value is -1.93. The number of ether oxygens (including phenoxy) is 1. The maximum absolute atomic E-state index is 13.5. The van der Waals surface area contributed by atoms with E-state index >= 15 is 0 Å².